The van der Waals surface area contributed by atoms with Gasteiger partial charge in [-0.1, -0.05) is 23.7 Å². The lowest BCUT2D eigenvalue weighted by atomic mass is 9.97. The van der Waals surface area contributed by atoms with Crippen molar-refractivity contribution in [2.45, 2.75) is 32.7 Å². The number of hydrogen-bond acceptors (Lipinski definition) is 4. The van der Waals surface area contributed by atoms with Crippen LogP contribution in [0.25, 0.3) is 0 Å². The van der Waals surface area contributed by atoms with Gasteiger partial charge in [0.2, 0.25) is 0 Å². The van der Waals surface area contributed by atoms with Crippen molar-refractivity contribution in [3.63, 3.8) is 0 Å². The average Bonchev–Trinajstić information content (AvgIpc) is 2.92. The zero-order valence-electron chi connectivity index (χ0n) is 16.2. The average molecular weight is 376 g/mol. The van der Waals surface area contributed by atoms with Crippen molar-refractivity contribution in [2.75, 3.05) is 33.2 Å². The standard InChI is InChI=1S/C20H30ClN5/c1-16-22-20(25(3)23-16)15-24(2)13-18-5-4-11-26(14-18)12-10-17-6-8-19(21)9-7-17/h6-9,18H,4-5,10-15H2,1-3H3/t18-/m0/s1. The van der Waals surface area contributed by atoms with Crippen LogP contribution in [-0.2, 0) is 20.0 Å². The Balaban J connectivity index is 1.45. The lowest BCUT2D eigenvalue weighted by molar-refractivity contribution is 0.141. The van der Waals surface area contributed by atoms with E-state index in [0.717, 1.165) is 48.6 Å². The summed E-state index contributed by atoms with van der Waals surface area (Å²) in [5, 5.41) is 5.16. The summed E-state index contributed by atoms with van der Waals surface area (Å²) in [6.07, 6.45) is 3.71. The molecule has 1 aromatic heterocycles. The van der Waals surface area contributed by atoms with Crippen molar-refractivity contribution in [1.29, 1.82) is 0 Å². The number of benzene rings is 1. The Kier molecular flexibility index (Phi) is 6.68. The minimum atomic E-state index is 0.730. The van der Waals surface area contributed by atoms with Crippen LogP contribution in [0.15, 0.2) is 24.3 Å². The Morgan fingerprint density at radius 3 is 2.73 bits per heavy atom. The first-order valence-electron chi connectivity index (χ1n) is 9.51. The van der Waals surface area contributed by atoms with Crippen molar-refractivity contribution in [3.05, 3.63) is 46.5 Å². The summed E-state index contributed by atoms with van der Waals surface area (Å²) in [6.45, 7) is 7.46. The zero-order chi connectivity index (χ0) is 18.5. The van der Waals surface area contributed by atoms with Crippen molar-refractivity contribution >= 4 is 11.6 Å². The maximum Gasteiger partial charge on any atom is 0.147 e. The number of rotatable bonds is 7. The highest BCUT2D eigenvalue weighted by Crippen LogP contribution is 2.19. The summed E-state index contributed by atoms with van der Waals surface area (Å²) in [6, 6.07) is 8.25. The van der Waals surface area contributed by atoms with Crippen LogP contribution in [0.1, 0.15) is 30.1 Å². The van der Waals surface area contributed by atoms with E-state index in [4.69, 9.17) is 11.6 Å². The van der Waals surface area contributed by atoms with Gasteiger partial charge in [0, 0.05) is 31.7 Å². The van der Waals surface area contributed by atoms with Gasteiger partial charge in [0.15, 0.2) is 0 Å². The molecule has 3 rings (SSSR count). The molecular weight excluding hydrogens is 346 g/mol. The van der Waals surface area contributed by atoms with Gasteiger partial charge >= 0.3 is 0 Å². The predicted octanol–water partition coefficient (Wildman–Crippen LogP) is 3.16. The third-order valence-electron chi connectivity index (χ3n) is 5.17. The summed E-state index contributed by atoms with van der Waals surface area (Å²) in [5.74, 6) is 2.62. The number of aryl methyl sites for hydroxylation is 2. The van der Waals surface area contributed by atoms with Gasteiger partial charge in [-0.15, -0.1) is 0 Å². The van der Waals surface area contributed by atoms with Crippen LogP contribution in [0.4, 0.5) is 0 Å². The van der Waals surface area contributed by atoms with Crippen molar-refractivity contribution in [1.82, 2.24) is 24.6 Å². The van der Waals surface area contributed by atoms with E-state index in [9.17, 15) is 0 Å². The lowest BCUT2D eigenvalue weighted by Gasteiger charge is -2.34. The molecule has 0 bridgehead atoms. The van der Waals surface area contributed by atoms with E-state index in [1.165, 1.54) is 31.5 Å². The first-order valence-corrected chi connectivity index (χ1v) is 9.89. The number of nitrogens with zero attached hydrogens (tertiary/aromatic N) is 5. The Hall–Kier alpha value is -1.43. The van der Waals surface area contributed by atoms with Gasteiger partial charge in [0.1, 0.15) is 11.6 Å². The quantitative estimate of drug-likeness (QED) is 0.744. The molecule has 1 aromatic carbocycles. The number of aromatic nitrogens is 3. The van der Waals surface area contributed by atoms with E-state index in [-0.39, 0.29) is 0 Å². The predicted molar refractivity (Wildman–Crippen MR) is 106 cm³/mol. The molecule has 0 saturated carbocycles. The molecular formula is C20H30ClN5. The van der Waals surface area contributed by atoms with Crippen molar-refractivity contribution in [2.24, 2.45) is 13.0 Å². The molecule has 2 heterocycles. The molecule has 1 aliphatic rings. The maximum atomic E-state index is 5.97. The second-order valence-corrected chi connectivity index (χ2v) is 8.02. The van der Waals surface area contributed by atoms with E-state index < -0.39 is 0 Å². The molecule has 26 heavy (non-hydrogen) atoms. The summed E-state index contributed by atoms with van der Waals surface area (Å²) < 4.78 is 1.89. The number of hydrogen-bond donors (Lipinski definition) is 0. The highest BCUT2D eigenvalue weighted by molar-refractivity contribution is 6.30. The fourth-order valence-electron chi connectivity index (χ4n) is 3.88. The maximum absolute atomic E-state index is 5.97. The molecule has 0 aliphatic carbocycles. The van der Waals surface area contributed by atoms with Crippen LogP contribution in [-0.4, -0.2) is 57.8 Å². The lowest BCUT2D eigenvalue weighted by Crippen LogP contribution is -2.41. The molecule has 1 atom stereocenters. The SMILES string of the molecule is Cc1nc(CN(C)C[C@@H]2CCCN(CCc3ccc(Cl)cc3)C2)n(C)n1. The Bertz CT molecular complexity index is 697. The second kappa shape index (κ2) is 8.98. The summed E-state index contributed by atoms with van der Waals surface area (Å²) in [5.41, 5.74) is 1.37. The van der Waals surface area contributed by atoms with E-state index in [1.807, 2.05) is 30.8 Å². The normalized spacial score (nSPS) is 18.6. The van der Waals surface area contributed by atoms with Crippen LogP contribution in [0, 0.1) is 12.8 Å². The highest BCUT2D eigenvalue weighted by Gasteiger charge is 2.21. The summed E-state index contributed by atoms with van der Waals surface area (Å²) in [7, 11) is 4.17. The second-order valence-electron chi connectivity index (χ2n) is 7.58. The molecule has 5 nitrogen and oxygen atoms in total. The summed E-state index contributed by atoms with van der Waals surface area (Å²) >= 11 is 5.97. The largest absolute Gasteiger partial charge is 0.303 e. The first kappa shape index (κ1) is 19.3. The van der Waals surface area contributed by atoms with E-state index in [2.05, 4.69) is 39.1 Å². The van der Waals surface area contributed by atoms with Gasteiger partial charge in [0.05, 0.1) is 6.54 Å². The van der Waals surface area contributed by atoms with E-state index >= 15 is 0 Å². The third kappa shape index (κ3) is 5.53. The molecule has 142 valence electrons. The zero-order valence-corrected chi connectivity index (χ0v) is 16.9. The molecule has 1 fully saturated rings. The van der Waals surface area contributed by atoms with E-state index in [0.29, 0.717) is 0 Å². The molecule has 0 amide bonds. The molecule has 0 unspecified atom stereocenters. The van der Waals surface area contributed by atoms with Gasteiger partial charge in [-0.25, -0.2) is 4.98 Å². The van der Waals surface area contributed by atoms with Crippen LogP contribution < -0.4 is 0 Å². The number of likely N-dealkylation sites (tertiary alicyclic amines) is 1. The molecule has 0 N–H and O–H groups in total. The van der Waals surface area contributed by atoms with Gasteiger partial charge in [0.25, 0.3) is 0 Å². The monoisotopic (exact) mass is 375 g/mol. The number of halogens is 1. The fraction of sp³-hybridized carbons (Fsp3) is 0.600. The highest BCUT2D eigenvalue weighted by atomic mass is 35.5. The minimum absolute atomic E-state index is 0.730. The van der Waals surface area contributed by atoms with Crippen LogP contribution in [0.3, 0.4) is 0 Å². The Labute approximate surface area is 162 Å². The molecule has 0 spiro atoms. The van der Waals surface area contributed by atoms with Crippen molar-refractivity contribution < 1.29 is 0 Å². The third-order valence-corrected chi connectivity index (χ3v) is 5.43. The minimum Gasteiger partial charge on any atom is -0.303 e. The van der Waals surface area contributed by atoms with Gasteiger partial charge in [-0.3, -0.25) is 9.58 Å². The van der Waals surface area contributed by atoms with Gasteiger partial charge in [-0.05, 0) is 63.4 Å². The van der Waals surface area contributed by atoms with Crippen LogP contribution in [0.5, 0.6) is 0 Å². The van der Waals surface area contributed by atoms with Crippen LogP contribution >= 0.6 is 11.6 Å². The first-order chi connectivity index (χ1) is 12.5. The fourth-order valence-corrected chi connectivity index (χ4v) is 4.01. The van der Waals surface area contributed by atoms with Gasteiger partial charge < -0.3 is 4.90 Å². The molecule has 2 aromatic rings. The summed E-state index contributed by atoms with van der Waals surface area (Å²) in [4.78, 5) is 9.52. The molecule has 1 saturated heterocycles. The number of piperidine rings is 1. The van der Waals surface area contributed by atoms with Crippen molar-refractivity contribution in [3.8, 4) is 0 Å². The molecule has 6 heteroatoms. The Morgan fingerprint density at radius 2 is 2.04 bits per heavy atom. The van der Waals surface area contributed by atoms with Crippen LogP contribution in [0.2, 0.25) is 5.02 Å². The Morgan fingerprint density at radius 1 is 1.27 bits per heavy atom. The molecule has 0 radical (unpaired) electrons. The van der Waals surface area contributed by atoms with Gasteiger partial charge in [-0.2, -0.15) is 5.10 Å². The topological polar surface area (TPSA) is 37.2 Å². The molecule has 1 aliphatic heterocycles. The van der Waals surface area contributed by atoms with E-state index in [1.54, 1.807) is 0 Å². The smallest absolute Gasteiger partial charge is 0.147 e.